The number of nitrogens with zero attached hydrogens (tertiary/aromatic N) is 1. The topological polar surface area (TPSA) is 53.2 Å². The van der Waals surface area contributed by atoms with Gasteiger partial charge in [-0.05, 0) is 62.4 Å². The van der Waals surface area contributed by atoms with Gasteiger partial charge in [-0.15, -0.1) is 0 Å². The van der Waals surface area contributed by atoms with Crippen LogP contribution in [0, 0.1) is 13.8 Å². The van der Waals surface area contributed by atoms with E-state index in [-0.39, 0.29) is 17.5 Å². The van der Waals surface area contributed by atoms with Crippen molar-refractivity contribution in [1.29, 1.82) is 0 Å². The Morgan fingerprint density at radius 3 is 2.42 bits per heavy atom. The lowest BCUT2D eigenvalue weighted by Gasteiger charge is -2.22. The fourth-order valence-corrected chi connectivity index (χ4v) is 3.29. The Labute approximate surface area is 152 Å². The molecule has 3 aromatic rings. The largest absolute Gasteiger partial charge is 0.331 e. The highest BCUT2D eigenvalue weighted by atomic mass is 16.2. The van der Waals surface area contributed by atoms with E-state index in [1.54, 1.807) is 0 Å². The third-order valence-electron chi connectivity index (χ3n) is 4.96. The van der Waals surface area contributed by atoms with Crippen LogP contribution >= 0.6 is 0 Å². The van der Waals surface area contributed by atoms with E-state index in [2.05, 4.69) is 11.1 Å². The van der Waals surface area contributed by atoms with Crippen molar-refractivity contribution >= 4 is 16.8 Å². The van der Waals surface area contributed by atoms with Crippen molar-refractivity contribution in [3.63, 3.8) is 0 Å². The summed E-state index contributed by atoms with van der Waals surface area (Å²) in [4.78, 5) is 30.3. The number of pyridine rings is 1. The Hall–Kier alpha value is -2.88. The standard InChI is InChI=1S/C22H22N2O2/c1-14-3-6-16(7-4-14)22(26)24(19-8-9-19)13-18-12-17-11-15(2)5-10-20(17)23-21(18)25/h3-7,10-12,19H,8-9,13H2,1-2H3,(H,23,25). The summed E-state index contributed by atoms with van der Waals surface area (Å²) in [5.41, 5.74) is 4.29. The van der Waals surface area contributed by atoms with Gasteiger partial charge in [0.05, 0.1) is 6.54 Å². The maximum absolute atomic E-state index is 13.0. The van der Waals surface area contributed by atoms with E-state index < -0.39 is 0 Å². The number of aryl methyl sites for hydroxylation is 2. The van der Waals surface area contributed by atoms with Gasteiger partial charge in [-0.2, -0.15) is 0 Å². The number of carbonyl (C=O) groups is 1. The molecule has 0 bridgehead atoms. The second-order valence-electron chi connectivity index (χ2n) is 7.24. The van der Waals surface area contributed by atoms with E-state index in [0.717, 1.165) is 34.9 Å². The molecule has 26 heavy (non-hydrogen) atoms. The summed E-state index contributed by atoms with van der Waals surface area (Å²) in [5, 5.41) is 0.998. The number of aromatic amines is 1. The Balaban J connectivity index is 1.67. The van der Waals surface area contributed by atoms with E-state index >= 15 is 0 Å². The molecule has 1 amide bonds. The Morgan fingerprint density at radius 2 is 1.73 bits per heavy atom. The molecule has 1 saturated carbocycles. The van der Waals surface area contributed by atoms with Crippen LogP contribution in [0.4, 0.5) is 0 Å². The summed E-state index contributed by atoms with van der Waals surface area (Å²) in [7, 11) is 0. The van der Waals surface area contributed by atoms with Crippen molar-refractivity contribution in [3.8, 4) is 0 Å². The molecule has 1 fully saturated rings. The number of hydrogen-bond acceptors (Lipinski definition) is 2. The molecule has 1 heterocycles. The molecule has 132 valence electrons. The summed E-state index contributed by atoms with van der Waals surface area (Å²) >= 11 is 0. The molecule has 1 N–H and O–H groups in total. The first kappa shape index (κ1) is 16.6. The Morgan fingerprint density at radius 1 is 1.04 bits per heavy atom. The van der Waals surface area contributed by atoms with Crippen LogP contribution in [0.15, 0.2) is 53.3 Å². The van der Waals surface area contributed by atoms with Crippen LogP contribution in [0.1, 0.15) is 39.9 Å². The molecule has 1 aromatic heterocycles. The minimum Gasteiger partial charge on any atom is -0.331 e. The minimum atomic E-state index is -0.122. The van der Waals surface area contributed by atoms with Gasteiger partial charge in [0.1, 0.15) is 0 Å². The lowest BCUT2D eigenvalue weighted by molar-refractivity contribution is 0.0729. The van der Waals surface area contributed by atoms with Crippen LogP contribution in [0.2, 0.25) is 0 Å². The molecule has 1 aliphatic rings. The molecule has 0 saturated heterocycles. The number of H-pyrrole nitrogens is 1. The van der Waals surface area contributed by atoms with Gasteiger partial charge in [0.25, 0.3) is 11.5 Å². The quantitative estimate of drug-likeness (QED) is 0.778. The predicted octanol–water partition coefficient (Wildman–Crippen LogP) is 3.95. The van der Waals surface area contributed by atoms with Crippen molar-refractivity contribution < 1.29 is 4.79 Å². The summed E-state index contributed by atoms with van der Waals surface area (Å²) in [5.74, 6) is -0.00348. The summed E-state index contributed by atoms with van der Waals surface area (Å²) in [6.45, 7) is 4.38. The van der Waals surface area contributed by atoms with Crippen LogP contribution < -0.4 is 5.56 Å². The summed E-state index contributed by atoms with van der Waals surface area (Å²) < 4.78 is 0. The number of benzene rings is 2. The van der Waals surface area contributed by atoms with Gasteiger partial charge >= 0.3 is 0 Å². The molecular weight excluding hydrogens is 324 g/mol. The van der Waals surface area contributed by atoms with Gasteiger partial charge in [0.2, 0.25) is 0 Å². The van der Waals surface area contributed by atoms with Crippen molar-refractivity contribution in [1.82, 2.24) is 9.88 Å². The summed E-state index contributed by atoms with van der Waals surface area (Å²) in [6, 6.07) is 15.7. The average Bonchev–Trinajstić information content (AvgIpc) is 3.45. The minimum absolute atomic E-state index is 0.00348. The number of aromatic nitrogens is 1. The Bertz CT molecular complexity index is 1030. The highest BCUT2D eigenvalue weighted by molar-refractivity contribution is 5.94. The van der Waals surface area contributed by atoms with E-state index in [1.807, 2.05) is 61.2 Å². The van der Waals surface area contributed by atoms with Crippen molar-refractivity contribution in [2.75, 3.05) is 0 Å². The molecule has 0 radical (unpaired) electrons. The van der Waals surface area contributed by atoms with Crippen molar-refractivity contribution in [2.45, 2.75) is 39.3 Å². The Kier molecular flexibility index (Phi) is 4.11. The maximum atomic E-state index is 13.0. The molecule has 0 unspecified atom stereocenters. The molecule has 0 aliphatic heterocycles. The third kappa shape index (κ3) is 3.27. The van der Waals surface area contributed by atoms with Crippen LogP contribution in [-0.2, 0) is 6.54 Å². The van der Waals surface area contributed by atoms with E-state index in [4.69, 9.17) is 0 Å². The zero-order chi connectivity index (χ0) is 18.3. The molecule has 0 atom stereocenters. The van der Waals surface area contributed by atoms with Crippen LogP contribution in [-0.4, -0.2) is 21.8 Å². The highest BCUT2D eigenvalue weighted by Gasteiger charge is 2.33. The average molecular weight is 346 g/mol. The van der Waals surface area contributed by atoms with Crippen molar-refractivity contribution in [3.05, 3.63) is 81.1 Å². The number of nitrogens with one attached hydrogen (secondary N) is 1. The highest BCUT2D eigenvalue weighted by Crippen LogP contribution is 2.30. The first-order chi connectivity index (χ1) is 12.5. The second kappa shape index (κ2) is 6.45. The lowest BCUT2D eigenvalue weighted by atomic mass is 10.1. The van der Waals surface area contributed by atoms with Crippen LogP contribution in [0.5, 0.6) is 0 Å². The molecule has 1 aliphatic carbocycles. The van der Waals surface area contributed by atoms with Gasteiger partial charge in [-0.25, -0.2) is 0 Å². The first-order valence-electron chi connectivity index (χ1n) is 9.01. The first-order valence-corrected chi connectivity index (χ1v) is 9.01. The van der Waals surface area contributed by atoms with Crippen LogP contribution in [0.3, 0.4) is 0 Å². The fourth-order valence-electron chi connectivity index (χ4n) is 3.29. The summed E-state index contributed by atoms with van der Waals surface area (Å²) in [6.07, 6.45) is 2.00. The second-order valence-corrected chi connectivity index (χ2v) is 7.24. The number of carbonyl (C=O) groups excluding carboxylic acids is 1. The lowest BCUT2D eigenvalue weighted by Crippen LogP contribution is -2.34. The zero-order valence-corrected chi connectivity index (χ0v) is 15.1. The predicted molar refractivity (Wildman–Crippen MR) is 103 cm³/mol. The number of hydrogen-bond donors (Lipinski definition) is 1. The number of amides is 1. The van der Waals surface area contributed by atoms with E-state index in [1.165, 1.54) is 0 Å². The fraction of sp³-hybridized carbons (Fsp3) is 0.273. The number of rotatable bonds is 4. The molecule has 2 aromatic carbocycles. The van der Waals surface area contributed by atoms with Crippen LogP contribution in [0.25, 0.3) is 10.9 Å². The van der Waals surface area contributed by atoms with E-state index in [0.29, 0.717) is 17.7 Å². The van der Waals surface area contributed by atoms with Gasteiger partial charge in [0.15, 0.2) is 0 Å². The molecular formula is C22H22N2O2. The molecule has 4 rings (SSSR count). The van der Waals surface area contributed by atoms with Gasteiger partial charge in [0, 0.05) is 22.7 Å². The normalized spacial score (nSPS) is 13.8. The molecule has 4 heteroatoms. The van der Waals surface area contributed by atoms with Gasteiger partial charge in [-0.1, -0.05) is 29.3 Å². The molecule has 0 spiro atoms. The maximum Gasteiger partial charge on any atom is 0.254 e. The van der Waals surface area contributed by atoms with Gasteiger partial charge in [-0.3, -0.25) is 9.59 Å². The monoisotopic (exact) mass is 346 g/mol. The number of fused-ring (bicyclic) bond motifs is 1. The third-order valence-corrected chi connectivity index (χ3v) is 4.96. The molecule has 4 nitrogen and oxygen atoms in total. The smallest absolute Gasteiger partial charge is 0.254 e. The van der Waals surface area contributed by atoms with Crippen molar-refractivity contribution in [2.24, 2.45) is 0 Å². The van der Waals surface area contributed by atoms with E-state index in [9.17, 15) is 9.59 Å². The SMILES string of the molecule is Cc1ccc(C(=O)N(Cc2cc3cc(C)ccc3[nH]c2=O)C2CC2)cc1. The zero-order valence-electron chi connectivity index (χ0n) is 15.1. The van der Waals surface area contributed by atoms with Gasteiger partial charge < -0.3 is 9.88 Å².